The maximum Gasteiger partial charge on any atom is 0.327 e. The van der Waals surface area contributed by atoms with E-state index in [9.17, 15) is 19.5 Å². The number of urea groups is 1. The minimum Gasteiger partial charge on any atom is -0.491 e. The molecule has 0 atom stereocenters. The van der Waals surface area contributed by atoms with E-state index in [1.165, 1.54) is 16.0 Å². The largest absolute Gasteiger partial charge is 0.491 e. The fourth-order valence-electron chi connectivity index (χ4n) is 6.91. The third-order valence-corrected chi connectivity index (χ3v) is 9.78. The number of imide groups is 1. The second kappa shape index (κ2) is 13.6. The summed E-state index contributed by atoms with van der Waals surface area (Å²) in [6.45, 7) is 9.93. The van der Waals surface area contributed by atoms with Crippen LogP contribution in [0.5, 0.6) is 11.5 Å². The monoisotopic (exact) mass is 606 g/mol. The number of carbonyl (C=O) groups is 3. The lowest BCUT2D eigenvalue weighted by atomic mass is 9.70. The number of hydrogen-bond acceptors (Lipinski definition) is 5. The van der Waals surface area contributed by atoms with Gasteiger partial charge < -0.3 is 19.5 Å². The third kappa shape index (κ3) is 7.22. The Morgan fingerprint density at radius 2 is 1.14 bits per heavy atom. The molecule has 240 valence electrons. The van der Waals surface area contributed by atoms with Gasteiger partial charge in [0.2, 0.25) is 0 Å². The van der Waals surface area contributed by atoms with Crippen molar-refractivity contribution in [2.24, 2.45) is 5.41 Å². The molecule has 8 heteroatoms. The molecular formula is C36H50N2O6. The van der Waals surface area contributed by atoms with Gasteiger partial charge in [-0.15, -0.1) is 0 Å². The van der Waals surface area contributed by atoms with Crippen LogP contribution in [0.4, 0.5) is 4.79 Å². The number of carbonyl (C=O) groups excluding carboxylic acids is 2. The Balaban J connectivity index is 0.000000204. The minimum absolute atomic E-state index is 0.0471. The molecule has 2 aromatic carbocycles. The van der Waals surface area contributed by atoms with E-state index in [1.807, 2.05) is 58.9 Å². The number of carboxylic acids is 1. The Bertz CT molecular complexity index is 1290. The molecule has 0 radical (unpaired) electrons. The van der Waals surface area contributed by atoms with Gasteiger partial charge in [-0.2, -0.15) is 0 Å². The van der Waals surface area contributed by atoms with Gasteiger partial charge in [0.05, 0.1) is 17.6 Å². The average Bonchev–Trinajstić information content (AvgIpc) is 3.14. The lowest BCUT2D eigenvalue weighted by Gasteiger charge is -2.39. The Morgan fingerprint density at radius 3 is 1.45 bits per heavy atom. The SMILES string of the molecule is CC(C)Oc1ccc(C2CCC(C)(C(=O)O)CC2)cc1.CC(C)Oc1ccc(C2CCC3(CC2)C(=O)N(C)C(=O)N3C)cc1. The van der Waals surface area contributed by atoms with E-state index in [1.54, 1.807) is 19.0 Å². The summed E-state index contributed by atoms with van der Waals surface area (Å²) in [6, 6.07) is 16.4. The molecule has 2 aromatic rings. The number of ether oxygens (including phenoxy) is 2. The van der Waals surface area contributed by atoms with Gasteiger partial charge in [0.25, 0.3) is 5.91 Å². The summed E-state index contributed by atoms with van der Waals surface area (Å²) < 4.78 is 11.3. The van der Waals surface area contributed by atoms with Crippen molar-refractivity contribution >= 4 is 17.9 Å². The molecule has 8 nitrogen and oxygen atoms in total. The lowest BCUT2D eigenvalue weighted by Crippen LogP contribution is -2.50. The van der Waals surface area contributed by atoms with Crippen LogP contribution in [0.15, 0.2) is 48.5 Å². The summed E-state index contributed by atoms with van der Waals surface area (Å²) in [5.74, 6) is 2.00. The molecule has 2 aliphatic carbocycles. The van der Waals surface area contributed by atoms with Crippen molar-refractivity contribution in [3.63, 3.8) is 0 Å². The first-order valence-corrected chi connectivity index (χ1v) is 16.1. The van der Waals surface area contributed by atoms with Crippen LogP contribution in [0.1, 0.15) is 109 Å². The van der Waals surface area contributed by atoms with Crippen LogP contribution in [0.2, 0.25) is 0 Å². The van der Waals surface area contributed by atoms with Crippen molar-refractivity contribution in [1.82, 2.24) is 9.80 Å². The highest BCUT2D eigenvalue weighted by Crippen LogP contribution is 2.45. The summed E-state index contributed by atoms with van der Waals surface area (Å²) in [7, 11) is 3.33. The Morgan fingerprint density at radius 1 is 0.750 bits per heavy atom. The molecule has 5 rings (SSSR count). The molecule has 1 aliphatic heterocycles. The van der Waals surface area contributed by atoms with Gasteiger partial charge in [0.1, 0.15) is 17.0 Å². The highest BCUT2D eigenvalue weighted by molar-refractivity contribution is 6.06. The second-order valence-electron chi connectivity index (χ2n) is 13.6. The van der Waals surface area contributed by atoms with Crippen LogP contribution in [0, 0.1) is 5.41 Å². The molecule has 0 aromatic heterocycles. The van der Waals surface area contributed by atoms with Crippen molar-refractivity contribution in [3.05, 3.63) is 59.7 Å². The fraction of sp³-hybridized carbons (Fsp3) is 0.583. The fourth-order valence-corrected chi connectivity index (χ4v) is 6.91. The molecule has 1 saturated heterocycles. The van der Waals surface area contributed by atoms with Crippen LogP contribution < -0.4 is 9.47 Å². The molecular weight excluding hydrogens is 556 g/mol. The third-order valence-electron chi connectivity index (χ3n) is 9.78. The maximum atomic E-state index is 12.5. The number of rotatable bonds is 7. The van der Waals surface area contributed by atoms with Crippen molar-refractivity contribution < 1.29 is 29.0 Å². The van der Waals surface area contributed by atoms with E-state index in [-0.39, 0.29) is 24.1 Å². The van der Waals surface area contributed by atoms with Crippen LogP contribution >= 0.6 is 0 Å². The molecule has 0 unspecified atom stereocenters. The number of carboxylic acid groups (broad SMARTS) is 1. The second-order valence-corrected chi connectivity index (χ2v) is 13.6. The molecule has 3 fully saturated rings. The van der Waals surface area contributed by atoms with E-state index in [0.717, 1.165) is 62.9 Å². The number of hydrogen-bond donors (Lipinski definition) is 1. The van der Waals surface area contributed by atoms with E-state index >= 15 is 0 Å². The minimum atomic E-state index is -0.656. The summed E-state index contributed by atoms with van der Waals surface area (Å²) in [4.78, 5) is 38.8. The molecule has 2 saturated carbocycles. The lowest BCUT2D eigenvalue weighted by molar-refractivity contribution is -0.150. The molecule has 3 amide bonds. The van der Waals surface area contributed by atoms with Crippen LogP contribution in [-0.4, -0.2) is 64.7 Å². The first kappa shape index (κ1) is 33.3. The zero-order valence-corrected chi connectivity index (χ0v) is 27.5. The molecule has 3 aliphatic rings. The number of nitrogens with zero attached hydrogens (tertiary/aromatic N) is 2. The van der Waals surface area contributed by atoms with Gasteiger partial charge in [0, 0.05) is 14.1 Å². The Kier molecular flexibility index (Phi) is 10.3. The normalized spacial score (nSPS) is 27.0. The molecule has 1 spiro atoms. The first-order valence-electron chi connectivity index (χ1n) is 16.1. The molecule has 44 heavy (non-hydrogen) atoms. The van der Waals surface area contributed by atoms with E-state index in [0.29, 0.717) is 11.8 Å². The maximum absolute atomic E-state index is 12.5. The summed E-state index contributed by atoms with van der Waals surface area (Å²) >= 11 is 0. The Hall–Kier alpha value is -3.55. The van der Waals surface area contributed by atoms with Gasteiger partial charge in [-0.3, -0.25) is 14.5 Å². The zero-order valence-electron chi connectivity index (χ0n) is 27.5. The van der Waals surface area contributed by atoms with Crippen molar-refractivity contribution in [2.75, 3.05) is 14.1 Å². The number of likely N-dealkylation sites (N-methyl/N-ethyl adjacent to an activating group) is 2. The van der Waals surface area contributed by atoms with Gasteiger partial charge in [0.15, 0.2) is 0 Å². The average molecular weight is 607 g/mol. The molecule has 1 heterocycles. The van der Waals surface area contributed by atoms with Crippen LogP contribution in [-0.2, 0) is 9.59 Å². The van der Waals surface area contributed by atoms with E-state index in [2.05, 4.69) is 24.3 Å². The van der Waals surface area contributed by atoms with Gasteiger partial charge >= 0.3 is 12.0 Å². The number of amides is 3. The topological polar surface area (TPSA) is 96.4 Å². The standard InChI is InChI=1S/C19H26N2O3.C17H24O3/c1-13(2)24-16-7-5-14(6-8-16)15-9-11-19(12-10-15)17(22)20(3)18(23)21(19)4;1-12(2)20-15-6-4-13(5-7-15)14-8-10-17(3,11-9-14)16(18)19/h5-8,13,15H,9-12H2,1-4H3;4-7,12,14H,8-11H2,1-3H3,(H,18,19). The summed E-state index contributed by atoms with van der Waals surface area (Å²) in [6.07, 6.45) is 7.08. The van der Waals surface area contributed by atoms with Gasteiger partial charge in [-0.05, 0) is 133 Å². The number of aliphatic carboxylic acids is 1. The highest BCUT2D eigenvalue weighted by Gasteiger charge is 2.55. The predicted octanol–water partition coefficient (Wildman–Crippen LogP) is 7.62. The van der Waals surface area contributed by atoms with Gasteiger partial charge in [-0.1, -0.05) is 24.3 Å². The van der Waals surface area contributed by atoms with Crippen molar-refractivity contribution in [2.45, 2.75) is 116 Å². The Labute approximate surface area is 262 Å². The quantitative estimate of drug-likeness (QED) is 0.326. The summed E-state index contributed by atoms with van der Waals surface area (Å²) in [5.41, 5.74) is 1.43. The van der Waals surface area contributed by atoms with Crippen LogP contribution in [0.3, 0.4) is 0 Å². The van der Waals surface area contributed by atoms with Crippen molar-refractivity contribution in [1.29, 1.82) is 0 Å². The smallest absolute Gasteiger partial charge is 0.327 e. The first-order chi connectivity index (χ1) is 20.8. The van der Waals surface area contributed by atoms with E-state index in [4.69, 9.17) is 9.47 Å². The molecule has 0 bridgehead atoms. The summed E-state index contributed by atoms with van der Waals surface area (Å²) in [5, 5.41) is 9.26. The predicted molar refractivity (Wildman–Crippen MR) is 171 cm³/mol. The van der Waals surface area contributed by atoms with E-state index < -0.39 is 16.9 Å². The zero-order chi connectivity index (χ0) is 32.2. The highest BCUT2D eigenvalue weighted by atomic mass is 16.5. The number of benzene rings is 2. The van der Waals surface area contributed by atoms with Gasteiger partial charge in [-0.25, -0.2) is 4.79 Å². The van der Waals surface area contributed by atoms with Crippen LogP contribution in [0.25, 0.3) is 0 Å². The molecule has 1 N–H and O–H groups in total. The van der Waals surface area contributed by atoms with Crippen molar-refractivity contribution in [3.8, 4) is 11.5 Å².